The Hall–Kier alpha value is -3.02. The number of carbonyl (C=O) groups is 2. The summed E-state index contributed by atoms with van der Waals surface area (Å²) in [6, 6.07) is 13.0. The minimum absolute atomic E-state index is 0.0343. The first-order valence-corrected chi connectivity index (χ1v) is 11.7. The number of carbonyl (C=O) groups excluding carboxylic acids is 2. The molecule has 9 nitrogen and oxygen atoms in total. The molecule has 1 aromatic heterocycles. The lowest BCUT2D eigenvalue weighted by Gasteiger charge is -2.05. The average Bonchev–Trinajstić information content (AvgIpc) is 3.21. The van der Waals surface area contributed by atoms with Gasteiger partial charge in [-0.2, -0.15) is 0 Å². The molecule has 2 amide bonds. The Morgan fingerprint density at radius 1 is 1.12 bits per heavy atom. The van der Waals surface area contributed by atoms with Gasteiger partial charge in [-0.15, -0.1) is 22.0 Å². The summed E-state index contributed by atoms with van der Waals surface area (Å²) in [6.07, 6.45) is 0.471. The maximum absolute atomic E-state index is 12.1. The van der Waals surface area contributed by atoms with Crippen molar-refractivity contribution in [2.75, 3.05) is 17.6 Å². The highest BCUT2D eigenvalue weighted by molar-refractivity contribution is 7.99. The minimum atomic E-state index is -0.451. The van der Waals surface area contributed by atoms with Gasteiger partial charge in [0.2, 0.25) is 11.0 Å². The summed E-state index contributed by atoms with van der Waals surface area (Å²) in [5, 5.41) is 25.6. The van der Waals surface area contributed by atoms with Gasteiger partial charge in [0.25, 0.3) is 11.6 Å². The number of aromatic nitrogens is 2. The summed E-state index contributed by atoms with van der Waals surface area (Å²) in [6.45, 7) is 0.359. The van der Waals surface area contributed by atoms with Crippen LogP contribution in [0.15, 0.2) is 48.5 Å². The van der Waals surface area contributed by atoms with E-state index >= 15 is 0 Å². The van der Waals surface area contributed by atoms with Crippen LogP contribution in [0.5, 0.6) is 0 Å². The van der Waals surface area contributed by atoms with Gasteiger partial charge in [-0.05, 0) is 17.7 Å². The maximum Gasteiger partial charge on any atom is 0.269 e. The number of hydrogen-bond donors (Lipinski definition) is 2. The van der Waals surface area contributed by atoms with Crippen molar-refractivity contribution in [3.05, 3.63) is 79.8 Å². The molecule has 0 aliphatic heterocycles. The molecule has 3 aromatic rings. The molecule has 166 valence electrons. The second-order valence-electron chi connectivity index (χ2n) is 6.45. The fourth-order valence-corrected chi connectivity index (χ4v) is 4.32. The molecule has 2 N–H and O–H groups in total. The molecule has 0 unspecified atom stereocenters. The lowest BCUT2D eigenvalue weighted by atomic mass is 10.2. The molecule has 0 fully saturated rings. The van der Waals surface area contributed by atoms with Crippen LogP contribution in [0.3, 0.4) is 0 Å². The number of hydrogen-bond acceptors (Lipinski definition) is 8. The Morgan fingerprint density at radius 2 is 1.88 bits per heavy atom. The van der Waals surface area contributed by atoms with E-state index in [1.165, 1.54) is 35.2 Å². The van der Waals surface area contributed by atoms with Crippen LogP contribution in [-0.4, -0.2) is 39.2 Å². The number of amides is 2. The minimum Gasteiger partial charge on any atom is -0.352 e. The standard InChI is InChI=1S/C20H18ClN5O4S2/c21-16-4-2-1-3-15(16)19(28)22-10-9-18-24-25-20(32-18)23-17(27)12-31-11-13-5-7-14(8-6-13)26(29)30/h1-8H,9-12H2,(H,22,28)(H,23,25,27). The van der Waals surface area contributed by atoms with Crippen LogP contribution in [0, 0.1) is 10.1 Å². The largest absolute Gasteiger partial charge is 0.352 e. The zero-order chi connectivity index (χ0) is 22.9. The quantitative estimate of drug-likeness (QED) is 0.324. The number of nitrogens with zero attached hydrogens (tertiary/aromatic N) is 3. The third-order valence-electron chi connectivity index (χ3n) is 4.11. The van der Waals surface area contributed by atoms with Crippen molar-refractivity contribution >= 4 is 57.3 Å². The summed E-state index contributed by atoms with van der Waals surface area (Å²) in [5.74, 6) is 0.280. The van der Waals surface area contributed by atoms with E-state index in [1.54, 1.807) is 36.4 Å². The van der Waals surface area contributed by atoms with Gasteiger partial charge >= 0.3 is 0 Å². The molecule has 12 heteroatoms. The summed E-state index contributed by atoms with van der Waals surface area (Å²) in [7, 11) is 0. The number of non-ortho nitro benzene ring substituents is 1. The number of halogens is 1. The molecule has 0 atom stereocenters. The normalized spacial score (nSPS) is 10.5. The van der Waals surface area contributed by atoms with Crippen molar-refractivity contribution in [2.45, 2.75) is 12.2 Å². The van der Waals surface area contributed by atoms with E-state index in [9.17, 15) is 19.7 Å². The number of benzene rings is 2. The summed E-state index contributed by atoms with van der Waals surface area (Å²) >= 11 is 8.64. The van der Waals surface area contributed by atoms with Crippen LogP contribution in [0.2, 0.25) is 5.02 Å². The molecule has 0 aliphatic rings. The second-order valence-corrected chi connectivity index (χ2v) is 8.91. The zero-order valence-corrected chi connectivity index (χ0v) is 19.0. The Balaban J connectivity index is 1.37. The molecule has 1 heterocycles. The van der Waals surface area contributed by atoms with Crippen LogP contribution in [0.25, 0.3) is 0 Å². The van der Waals surface area contributed by atoms with E-state index < -0.39 is 4.92 Å². The molecule has 3 rings (SSSR count). The summed E-state index contributed by atoms with van der Waals surface area (Å²) in [5.41, 5.74) is 1.34. The zero-order valence-electron chi connectivity index (χ0n) is 16.6. The number of nitro groups is 1. The molecule has 0 spiro atoms. The molecule has 0 saturated carbocycles. The topological polar surface area (TPSA) is 127 Å². The van der Waals surface area contributed by atoms with E-state index in [0.717, 1.165) is 5.56 Å². The first-order valence-electron chi connectivity index (χ1n) is 9.38. The van der Waals surface area contributed by atoms with E-state index in [2.05, 4.69) is 20.8 Å². The van der Waals surface area contributed by atoms with Gasteiger partial charge in [0.1, 0.15) is 5.01 Å². The highest BCUT2D eigenvalue weighted by Gasteiger charge is 2.11. The Bertz CT molecular complexity index is 1110. The molecule has 32 heavy (non-hydrogen) atoms. The van der Waals surface area contributed by atoms with Gasteiger partial charge in [-0.3, -0.25) is 25.0 Å². The molecule has 0 aliphatic carbocycles. The summed E-state index contributed by atoms with van der Waals surface area (Å²) < 4.78 is 0. The van der Waals surface area contributed by atoms with Gasteiger partial charge in [-0.1, -0.05) is 47.2 Å². The van der Waals surface area contributed by atoms with Crippen LogP contribution >= 0.6 is 34.7 Å². The maximum atomic E-state index is 12.1. The second kappa shape index (κ2) is 11.6. The predicted octanol–water partition coefficient (Wildman–Crippen LogP) is 3.94. The predicted molar refractivity (Wildman–Crippen MR) is 125 cm³/mol. The van der Waals surface area contributed by atoms with E-state index in [1.807, 2.05) is 0 Å². The number of anilines is 1. The van der Waals surface area contributed by atoms with Crippen molar-refractivity contribution in [1.82, 2.24) is 15.5 Å². The summed E-state index contributed by atoms with van der Waals surface area (Å²) in [4.78, 5) is 34.4. The van der Waals surface area contributed by atoms with Gasteiger partial charge in [0.05, 0.1) is 21.3 Å². The van der Waals surface area contributed by atoms with Gasteiger partial charge in [0.15, 0.2) is 0 Å². The number of nitrogens with one attached hydrogen (secondary N) is 2. The molecule has 2 aromatic carbocycles. The first kappa shape index (κ1) is 23.6. The van der Waals surface area contributed by atoms with Gasteiger partial charge < -0.3 is 5.32 Å². The third kappa shape index (κ3) is 7.01. The SMILES string of the molecule is O=C(CSCc1ccc([N+](=O)[O-])cc1)Nc1nnc(CCNC(=O)c2ccccc2Cl)s1. The van der Waals surface area contributed by atoms with Crippen molar-refractivity contribution in [2.24, 2.45) is 0 Å². The fraction of sp³-hybridized carbons (Fsp3) is 0.200. The Morgan fingerprint density at radius 3 is 2.59 bits per heavy atom. The van der Waals surface area contributed by atoms with E-state index in [0.29, 0.717) is 39.4 Å². The fourth-order valence-electron chi connectivity index (χ4n) is 2.56. The highest BCUT2D eigenvalue weighted by atomic mass is 35.5. The van der Waals surface area contributed by atoms with Crippen molar-refractivity contribution < 1.29 is 14.5 Å². The molecule has 0 bridgehead atoms. The Labute approximate surface area is 196 Å². The van der Waals surface area contributed by atoms with Crippen molar-refractivity contribution in [1.29, 1.82) is 0 Å². The van der Waals surface area contributed by atoms with Crippen LogP contribution in [-0.2, 0) is 17.0 Å². The number of thioether (sulfide) groups is 1. The highest BCUT2D eigenvalue weighted by Crippen LogP contribution is 2.19. The molecule has 0 radical (unpaired) electrons. The van der Waals surface area contributed by atoms with E-state index in [-0.39, 0.29) is 23.3 Å². The lowest BCUT2D eigenvalue weighted by Crippen LogP contribution is -2.25. The Kier molecular flexibility index (Phi) is 8.54. The number of rotatable bonds is 10. The third-order valence-corrected chi connectivity index (χ3v) is 6.34. The lowest BCUT2D eigenvalue weighted by molar-refractivity contribution is -0.384. The smallest absolute Gasteiger partial charge is 0.269 e. The molecular weight excluding hydrogens is 474 g/mol. The van der Waals surface area contributed by atoms with Crippen molar-refractivity contribution in [3.8, 4) is 0 Å². The van der Waals surface area contributed by atoms with E-state index in [4.69, 9.17) is 11.6 Å². The van der Waals surface area contributed by atoms with Crippen LogP contribution < -0.4 is 10.6 Å². The number of nitro benzene ring substituents is 1. The van der Waals surface area contributed by atoms with Crippen LogP contribution in [0.1, 0.15) is 20.9 Å². The molecule has 0 saturated heterocycles. The molecular formula is C20H18ClN5O4S2. The monoisotopic (exact) mass is 491 g/mol. The van der Waals surface area contributed by atoms with Gasteiger partial charge in [-0.25, -0.2) is 0 Å². The first-order chi connectivity index (χ1) is 15.4. The van der Waals surface area contributed by atoms with Gasteiger partial charge in [0, 0.05) is 30.9 Å². The van der Waals surface area contributed by atoms with Crippen molar-refractivity contribution in [3.63, 3.8) is 0 Å². The average molecular weight is 492 g/mol. The van der Waals surface area contributed by atoms with Crippen LogP contribution in [0.4, 0.5) is 10.8 Å².